The number of nitrogens with zero attached hydrogens (tertiary/aromatic N) is 1. The molecule has 1 fully saturated rings. The summed E-state index contributed by atoms with van der Waals surface area (Å²) >= 11 is 1.43. The summed E-state index contributed by atoms with van der Waals surface area (Å²) in [5, 5.41) is 5.84. The Balaban J connectivity index is 1.16. The summed E-state index contributed by atoms with van der Waals surface area (Å²) in [5.41, 5.74) is 3.88. The molecule has 0 radical (unpaired) electrons. The number of carbonyl (C=O) groups excluding carboxylic acids is 2. The molecule has 1 saturated carbocycles. The number of hydrogen-bond donors (Lipinski definition) is 2. The number of anilines is 2. The number of hydrogen-bond acceptors (Lipinski definition) is 5. The highest BCUT2D eigenvalue weighted by atomic mass is 32.2. The number of para-hydroxylation sites is 2. The summed E-state index contributed by atoms with van der Waals surface area (Å²) in [5.74, 6) is 0.954. The van der Waals surface area contributed by atoms with Crippen molar-refractivity contribution in [2.75, 3.05) is 16.4 Å². The van der Waals surface area contributed by atoms with Gasteiger partial charge in [-0.15, -0.1) is 11.8 Å². The van der Waals surface area contributed by atoms with Gasteiger partial charge in [0.1, 0.15) is 5.52 Å². The maximum absolute atomic E-state index is 12.4. The standard InChI is InChI=1S/C25H21N3O3S/c29-23(15-32-20-5-3-4-19(14-20)27-24(30)16-8-9-16)26-18-12-10-17(11-13-18)25-28-21-6-1-2-7-22(21)31-25/h1-7,10-14,16H,8-9,15H2,(H,26,29)(H,27,30). The first-order valence-electron chi connectivity index (χ1n) is 10.4. The van der Waals surface area contributed by atoms with Gasteiger partial charge >= 0.3 is 0 Å². The second kappa shape index (κ2) is 8.88. The predicted octanol–water partition coefficient (Wildman–Crippen LogP) is 5.57. The molecule has 2 N–H and O–H groups in total. The van der Waals surface area contributed by atoms with Crippen LogP contribution in [-0.2, 0) is 9.59 Å². The van der Waals surface area contributed by atoms with Crippen LogP contribution in [0.3, 0.4) is 0 Å². The number of fused-ring (bicyclic) bond motifs is 1. The summed E-state index contributed by atoms with van der Waals surface area (Å²) < 4.78 is 5.78. The Bertz CT molecular complexity index is 1250. The first kappa shape index (κ1) is 20.3. The number of oxazole rings is 1. The Morgan fingerprint density at radius 3 is 2.53 bits per heavy atom. The second-order valence-electron chi connectivity index (χ2n) is 7.69. The number of aromatic nitrogens is 1. The van der Waals surface area contributed by atoms with E-state index in [0.29, 0.717) is 11.6 Å². The van der Waals surface area contributed by atoms with E-state index in [4.69, 9.17) is 4.42 Å². The quantitative estimate of drug-likeness (QED) is 0.365. The van der Waals surface area contributed by atoms with Crippen LogP contribution >= 0.6 is 11.8 Å². The SMILES string of the molecule is O=C(CSc1cccc(NC(=O)C2CC2)c1)Nc1ccc(-c2nc3ccccc3o2)cc1. The average molecular weight is 444 g/mol. The van der Waals surface area contributed by atoms with E-state index < -0.39 is 0 Å². The first-order valence-corrected chi connectivity index (χ1v) is 11.4. The van der Waals surface area contributed by atoms with Crippen LogP contribution < -0.4 is 10.6 Å². The van der Waals surface area contributed by atoms with Gasteiger partial charge in [-0.25, -0.2) is 4.98 Å². The molecule has 6 nitrogen and oxygen atoms in total. The van der Waals surface area contributed by atoms with Crippen LogP contribution in [0.4, 0.5) is 11.4 Å². The molecule has 2 amide bonds. The van der Waals surface area contributed by atoms with Gasteiger partial charge in [-0.05, 0) is 67.4 Å². The molecule has 1 aromatic heterocycles. The predicted molar refractivity (Wildman–Crippen MR) is 127 cm³/mol. The highest BCUT2D eigenvalue weighted by Crippen LogP contribution is 2.31. The molecule has 1 aliphatic carbocycles. The lowest BCUT2D eigenvalue weighted by molar-refractivity contribution is -0.117. The lowest BCUT2D eigenvalue weighted by Gasteiger charge is -2.08. The molecule has 0 spiro atoms. The van der Waals surface area contributed by atoms with Crippen molar-refractivity contribution in [1.82, 2.24) is 4.98 Å². The van der Waals surface area contributed by atoms with Crippen LogP contribution in [0, 0.1) is 5.92 Å². The summed E-state index contributed by atoms with van der Waals surface area (Å²) in [6, 6.07) is 22.6. The van der Waals surface area contributed by atoms with Gasteiger partial charge in [-0.2, -0.15) is 0 Å². The van der Waals surface area contributed by atoms with E-state index in [9.17, 15) is 9.59 Å². The molecule has 0 aliphatic heterocycles. The smallest absolute Gasteiger partial charge is 0.234 e. The van der Waals surface area contributed by atoms with E-state index in [0.717, 1.165) is 40.1 Å². The number of amides is 2. The molecule has 3 aromatic carbocycles. The Morgan fingerprint density at radius 1 is 0.938 bits per heavy atom. The van der Waals surface area contributed by atoms with Gasteiger partial charge in [0.2, 0.25) is 17.7 Å². The van der Waals surface area contributed by atoms with Crippen LogP contribution in [-0.4, -0.2) is 22.6 Å². The Hall–Kier alpha value is -3.58. The zero-order valence-electron chi connectivity index (χ0n) is 17.2. The Kier molecular flexibility index (Phi) is 5.64. The van der Waals surface area contributed by atoms with Crippen LogP contribution in [0.5, 0.6) is 0 Å². The van der Waals surface area contributed by atoms with E-state index in [-0.39, 0.29) is 23.5 Å². The minimum absolute atomic E-state index is 0.0752. The zero-order chi connectivity index (χ0) is 21.9. The van der Waals surface area contributed by atoms with Crippen molar-refractivity contribution in [3.8, 4) is 11.5 Å². The molecule has 160 valence electrons. The number of thioether (sulfide) groups is 1. The van der Waals surface area contributed by atoms with E-state index in [1.807, 2.05) is 72.8 Å². The minimum atomic E-state index is -0.1000. The van der Waals surface area contributed by atoms with Crippen molar-refractivity contribution in [1.29, 1.82) is 0 Å². The maximum Gasteiger partial charge on any atom is 0.234 e. The van der Waals surface area contributed by atoms with Gasteiger partial charge < -0.3 is 15.1 Å². The molecule has 0 unspecified atom stereocenters. The number of carbonyl (C=O) groups is 2. The summed E-state index contributed by atoms with van der Waals surface area (Å²) in [7, 11) is 0. The second-order valence-corrected chi connectivity index (χ2v) is 8.74. The molecular weight excluding hydrogens is 422 g/mol. The molecule has 4 aromatic rings. The van der Waals surface area contributed by atoms with E-state index in [2.05, 4.69) is 15.6 Å². The number of nitrogens with one attached hydrogen (secondary N) is 2. The van der Waals surface area contributed by atoms with Gasteiger partial charge in [0.25, 0.3) is 0 Å². The fourth-order valence-electron chi connectivity index (χ4n) is 3.29. The maximum atomic E-state index is 12.4. The van der Waals surface area contributed by atoms with E-state index >= 15 is 0 Å². The van der Waals surface area contributed by atoms with Gasteiger partial charge in [-0.1, -0.05) is 18.2 Å². The highest BCUT2D eigenvalue weighted by Gasteiger charge is 2.29. The molecule has 32 heavy (non-hydrogen) atoms. The molecule has 1 heterocycles. The fourth-order valence-corrected chi connectivity index (χ4v) is 4.05. The van der Waals surface area contributed by atoms with Crippen LogP contribution in [0.1, 0.15) is 12.8 Å². The van der Waals surface area contributed by atoms with E-state index in [1.54, 1.807) is 0 Å². The summed E-state index contributed by atoms with van der Waals surface area (Å²) in [4.78, 5) is 29.7. The monoisotopic (exact) mass is 443 g/mol. The Morgan fingerprint density at radius 2 is 1.75 bits per heavy atom. The third-order valence-electron chi connectivity index (χ3n) is 5.13. The van der Waals surface area contributed by atoms with Crippen LogP contribution in [0.25, 0.3) is 22.6 Å². The van der Waals surface area contributed by atoms with Crippen molar-refractivity contribution in [3.05, 3.63) is 72.8 Å². The molecule has 1 aliphatic rings. The molecule has 0 saturated heterocycles. The van der Waals surface area contributed by atoms with Gasteiger partial charge in [-0.3, -0.25) is 9.59 Å². The lowest BCUT2D eigenvalue weighted by atomic mass is 10.2. The highest BCUT2D eigenvalue weighted by molar-refractivity contribution is 8.00. The molecular formula is C25H21N3O3S. The summed E-state index contributed by atoms with van der Waals surface area (Å²) in [6.45, 7) is 0. The third kappa shape index (κ3) is 4.84. The zero-order valence-corrected chi connectivity index (χ0v) is 18.0. The minimum Gasteiger partial charge on any atom is -0.436 e. The topological polar surface area (TPSA) is 84.2 Å². The molecule has 7 heteroatoms. The van der Waals surface area contributed by atoms with Crippen molar-refractivity contribution >= 4 is 46.1 Å². The van der Waals surface area contributed by atoms with Crippen molar-refractivity contribution < 1.29 is 14.0 Å². The summed E-state index contributed by atoms with van der Waals surface area (Å²) in [6.07, 6.45) is 1.94. The molecule has 0 bridgehead atoms. The van der Waals surface area contributed by atoms with Gasteiger partial charge in [0, 0.05) is 27.8 Å². The van der Waals surface area contributed by atoms with Gasteiger partial charge in [0.15, 0.2) is 5.58 Å². The lowest BCUT2D eigenvalue weighted by Crippen LogP contribution is -2.14. The normalized spacial score (nSPS) is 13.1. The van der Waals surface area contributed by atoms with Crippen molar-refractivity contribution in [2.24, 2.45) is 5.92 Å². The number of benzene rings is 3. The fraction of sp³-hybridized carbons (Fsp3) is 0.160. The molecule has 0 atom stereocenters. The third-order valence-corrected chi connectivity index (χ3v) is 6.12. The van der Waals surface area contributed by atoms with Crippen molar-refractivity contribution in [2.45, 2.75) is 17.7 Å². The Labute approximate surface area is 189 Å². The van der Waals surface area contributed by atoms with Crippen LogP contribution in [0.2, 0.25) is 0 Å². The average Bonchev–Trinajstić information content (AvgIpc) is 3.57. The largest absolute Gasteiger partial charge is 0.436 e. The molecule has 5 rings (SSSR count). The van der Waals surface area contributed by atoms with Crippen LogP contribution in [0.15, 0.2) is 82.1 Å². The first-order chi connectivity index (χ1) is 15.6. The van der Waals surface area contributed by atoms with Crippen molar-refractivity contribution in [3.63, 3.8) is 0 Å². The number of rotatable bonds is 7. The van der Waals surface area contributed by atoms with Gasteiger partial charge in [0.05, 0.1) is 5.75 Å². The van der Waals surface area contributed by atoms with E-state index in [1.165, 1.54) is 11.8 Å².